The number of hydrogen-bond acceptors (Lipinski definition) is 0. The minimum Gasteiger partial charge on any atom is -0.206 e. The fourth-order valence-corrected chi connectivity index (χ4v) is 4.54. The van der Waals surface area contributed by atoms with Gasteiger partial charge in [-0.1, -0.05) is 51.1 Å². The van der Waals surface area contributed by atoms with Crippen molar-refractivity contribution in [3.05, 3.63) is 52.9 Å². The molecule has 3 unspecified atom stereocenters. The smallest absolute Gasteiger partial charge is 0.130 e. The van der Waals surface area contributed by atoms with E-state index in [2.05, 4.69) is 26.5 Å². The van der Waals surface area contributed by atoms with Gasteiger partial charge in [0.15, 0.2) is 0 Å². The second kappa shape index (κ2) is 7.68. The first-order valence-corrected chi connectivity index (χ1v) is 9.13. The van der Waals surface area contributed by atoms with E-state index in [0.717, 1.165) is 17.1 Å². The SMILES string of the molecule is C.C=C(C)c1ccc(C(C)C2CCC3=C(C2)C(C)CCC3)cc1F. The Balaban J connectivity index is 0.00000208. The minimum atomic E-state index is -0.122. The third-order valence-corrected chi connectivity index (χ3v) is 6.15. The first kappa shape index (κ1) is 19.0. The van der Waals surface area contributed by atoms with Gasteiger partial charge in [0.05, 0.1) is 0 Å². The van der Waals surface area contributed by atoms with Crippen LogP contribution in [-0.2, 0) is 0 Å². The molecule has 3 atom stereocenters. The Kier molecular flexibility index (Phi) is 6.06. The number of halogens is 1. The number of rotatable bonds is 3. The summed E-state index contributed by atoms with van der Waals surface area (Å²) in [6.45, 7) is 10.4. The molecule has 0 saturated heterocycles. The van der Waals surface area contributed by atoms with Crippen LogP contribution in [0.2, 0.25) is 0 Å². The molecular formula is C23H33F. The number of hydrogen-bond donors (Lipinski definition) is 0. The quantitative estimate of drug-likeness (QED) is 0.503. The molecule has 132 valence electrons. The fraction of sp³-hybridized carbons (Fsp3) is 0.565. The summed E-state index contributed by atoms with van der Waals surface area (Å²) >= 11 is 0. The predicted molar refractivity (Wildman–Crippen MR) is 104 cm³/mol. The monoisotopic (exact) mass is 328 g/mol. The zero-order chi connectivity index (χ0) is 16.6. The molecule has 0 nitrogen and oxygen atoms in total. The second-order valence-electron chi connectivity index (χ2n) is 7.73. The molecule has 2 aliphatic rings. The Morgan fingerprint density at radius 1 is 1.25 bits per heavy atom. The Morgan fingerprint density at radius 3 is 2.67 bits per heavy atom. The van der Waals surface area contributed by atoms with Crippen LogP contribution in [0.4, 0.5) is 4.39 Å². The van der Waals surface area contributed by atoms with Crippen LogP contribution in [0.1, 0.15) is 83.8 Å². The van der Waals surface area contributed by atoms with Crippen LogP contribution >= 0.6 is 0 Å². The van der Waals surface area contributed by atoms with Crippen molar-refractivity contribution in [1.82, 2.24) is 0 Å². The van der Waals surface area contributed by atoms with Crippen LogP contribution in [0.3, 0.4) is 0 Å². The minimum absolute atomic E-state index is 0. The summed E-state index contributed by atoms with van der Waals surface area (Å²) < 4.78 is 14.3. The zero-order valence-corrected chi connectivity index (χ0v) is 14.8. The molecule has 2 aliphatic carbocycles. The molecule has 24 heavy (non-hydrogen) atoms. The lowest BCUT2D eigenvalue weighted by molar-refractivity contribution is 0.348. The van der Waals surface area contributed by atoms with E-state index in [1.807, 2.05) is 13.0 Å². The maximum atomic E-state index is 14.3. The maximum absolute atomic E-state index is 14.3. The highest BCUT2D eigenvalue weighted by Gasteiger charge is 2.30. The lowest BCUT2D eigenvalue weighted by atomic mass is 9.69. The van der Waals surface area contributed by atoms with Gasteiger partial charge in [0.1, 0.15) is 5.82 Å². The number of allylic oxidation sites excluding steroid dienone is 3. The van der Waals surface area contributed by atoms with E-state index < -0.39 is 0 Å². The molecule has 0 amide bonds. The Morgan fingerprint density at radius 2 is 2.00 bits per heavy atom. The average Bonchev–Trinajstić information content (AvgIpc) is 2.54. The highest BCUT2D eigenvalue weighted by Crippen LogP contribution is 2.45. The molecule has 0 N–H and O–H groups in total. The van der Waals surface area contributed by atoms with Crippen molar-refractivity contribution in [2.75, 3.05) is 0 Å². The van der Waals surface area contributed by atoms with Crippen molar-refractivity contribution in [2.24, 2.45) is 11.8 Å². The second-order valence-corrected chi connectivity index (χ2v) is 7.73. The molecular weight excluding hydrogens is 295 g/mol. The van der Waals surface area contributed by atoms with E-state index in [0.29, 0.717) is 17.4 Å². The van der Waals surface area contributed by atoms with E-state index in [9.17, 15) is 4.39 Å². The lowest BCUT2D eigenvalue weighted by Gasteiger charge is -2.36. The van der Waals surface area contributed by atoms with Crippen molar-refractivity contribution >= 4 is 5.57 Å². The third-order valence-electron chi connectivity index (χ3n) is 6.15. The van der Waals surface area contributed by atoms with Crippen molar-refractivity contribution in [3.63, 3.8) is 0 Å². The Bertz CT molecular complexity index is 637. The molecule has 3 rings (SSSR count). The molecule has 1 aromatic rings. The summed E-state index contributed by atoms with van der Waals surface area (Å²) in [4.78, 5) is 0. The van der Waals surface area contributed by atoms with Gasteiger partial charge >= 0.3 is 0 Å². The van der Waals surface area contributed by atoms with Crippen LogP contribution in [0.5, 0.6) is 0 Å². The van der Waals surface area contributed by atoms with E-state index in [1.54, 1.807) is 17.2 Å². The molecule has 0 fully saturated rings. The molecule has 0 radical (unpaired) electrons. The van der Waals surface area contributed by atoms with Crippen LogP contribution < -0.4 is 0 Å². The van der Waals surface area contributed by atoms with Gasteiger partial charge in [-0.25, -0.2) is 4.39 Å². The normalized spacial score (nSPS) is 24.8. The fourth-order valence-electron chi connectivity index (χ4n) is 4.54. The molecule has 0 saturated carbocycles. The molecule has 0 heterocycles. The standard InChI is InChI=1S/C22H29F.CH4/c1-14(2)20-11-10-19(13-22(20)23)16(4)18-9-8-17-7-5-6-15(3)21(17)12-18;/h10-11,13,15-16,18H,1,5-9,12H2,2-4H3;1H4. The predicted octanol–water partition coefficient (Wildman–Crippen LogP) is 7.52. The maximum Gasteiger partial charge on any atom is 0.130 e. The summed E-state index contributed by atoms with van der Waals surface area (Å²) in [5.74, 6) is 1.72. The van der Waals surface area contributed by atoms with E-state index >= 15 is 0 Å². The number of benzene rings is 1. The summed E-state index contributed by atoms with van der Waals surface area (Å²) in [6.07, 6.45) is 7.79. The van der Waals surface area contributed by atoms with E-state index in [-0.39, 0.29) is 13.2 Å². The van der Waals surface area contributed by atoms with Crippen LogP contribution in [0.15, 0.2) is 35.9 Å². The zero-order valence-electron chi connectivity index (χ0n) is 14.8. The van der Waals surface area contributed by atoms with Gasteiger partial charge in [0, 0.05) is 5.56 Å². The van der Waals surface area contributed by atoms with Gasteiger partial charge in [-0.3, -0.25) is 0 Å². The van der Waals surface area contributed by atoms with Crippen molar-refractivity contribution in [1.29, 1.82) is 0 Å². The summed E-state index contributed by atoms with van der Waals surface area (Å²) in [5, 5.41) is 0. The molecule has 0 spiro atoms. The van der Waals surface area contributed by atoms with Gasteiger partial charge in [-0.2, -0.15) is 0 Å². The molecule has 0 aromatic heterocycles. The van der Waals surface area contributed by atoms with Gasteiger partial charge in [0.25, 0.3) is 0 Å². The lowest BCUT2D eigenvalue weighted by Crippen LogP contribution is -2.22. The Hall–Kier alpha value is -1.37. The first-order valence-electron chi connectivity index (χ1n) is 9.13. The van der Waals surface area contributed by atoms with Gasteiger partial charge < -0.3 is 0 Å². The first-order chi connectivity index (χ1) is 11.0. The summed E-state index contributed by atoms with van der Waals surface area (Å²) in [5.41, 5.74) is 6.07. The van der Waals surface area contributed by atoms with Gasteiger partial charge in [0.2, 0.25) is 0 Å². The topological polar surface area (TPSA) is 0 Å². The van der Waals surface area contributed by atoms with Crippen LogP contribution in [0.25, 0.3) is 5.57 Å². The van der Waals surface area contributed by atoms with Crippen LogP contribution in [0, 0.1) is 17.7 Å². The Labute approximate surface area is 147 Å². The largest absolute Gasteiger partial charge is 0.206 e. The van der Waals surface area contributed by atoms with E-state index in [1.165, 1.54) is 38.5 Å². The molecule has 0 aliphatic heterocycles. The molecule has 0 bridgehead atoms. The van der Waals surface area contributed by atoms with Crippen molar-refractivity contribution < 1.29 is 4.39 Å². The molecule has 1 aromatic carbocycles. The van der Waals surface area contributed by atoms with Gasteiger partial charge in [-0.15, -0.1) is 0 Å². The van der Waals surface area contributed by atoms with Crippen molar-refractivity contribution in [2.45, 2.75) is 72.6 Å². The highest BCUT2D eigenvalue weighted by molar-refractivity contribution is 5.62. The third kappa shape index (κ3) is 3.66. The summed E-state index contributed by atoms with van der Waals surface area (Å²) in [7, 11) is 0. The van der Waals surface area contributed by atoms with E-state index in [4.69, 9.17) is 0 Å². The summed E-state index contributed by atoms with van der Waals surface area (Å²) in [6, 6.07) is 5.75. The molecule has 1 heteroatoms. The average molecular weight is 329 g/mol. The van der Waals surface area contributed by atoms with Crippen molar-refractivity contribution in [3.8, 4) is 0 Å². The highest BCUT2D eigenvalue weighted by atomic mass is 19.1. The van der Waals surface area contributed by atoms with Crippen LogP contribution in [-0.4, -0.2) is 0 Å². The van der Waals surface area contributed by atoms with Gasteiger partial charge in [-0.05, 0) is 80.4 Å².